The predicted molar refractivity (Wildman–Crippen MR) is 105 cm³/mol. The minimum absolute atomic E-state index is 0.0177. The van der Waals surface area contributed by atoms with E-state index in [0.29, 0.717) is 34.4 Å². The van der Waals surface area contributed by atoms with Gasteiger partial charge in [0.25, 0.3) is 5.91 Å². The van der Waals surface area contributed by atoms with Crippen LogP contribution < -0.4 is 5.73 Å². The first-order valence-corrected chi connectivity index (χ1v) is 10.8. The van der Waals surface area contributed by atoms with Crippen LogP contribution in [0.25, 0.3) is 16.9 Å². The van der Waals surface area contributed by atoms with Crippen LogP contribution in [0.1, 0.15) is 35.7 Å². The van der Waals surface area contributed by atoms with Crippen molar-refractivity contribution < 1.29 is 9.35 Å². The van der Waals surface area contributed by atoms with Crippen molar-refractivity contribution in [1.82, 2.24) is 24.5 Å². The lowest BCUT2D eigenvalue weighted by molar-refractivity contribution is 0.0695. The summed E-state index contributed by atoms with van der Waals surface area (Å²) < 4.78 is 14.1. The Hall–Kier alpha value is -2.65. The molecule has 1 aliphatic heterocycles. The Bertz CT molecular complexity index is 1110. The van der Waals surface area contributed by atoms with Crippen molar-refractivity contribution in [1.29, 1.82) is 0 Å². The topological polar surface area (TPSA) is 112 Å². The van der Waals surface area contributed by atoms with Gasteiger partial charge in [-0.2, -0.15) is 5.10 Å². The Labute approximate surface area is 164 Å². The number of aromatic nitrogens is 4. The van der Waals surface area contributed by atoms with E-state index in [-0.39, 0.29) is 11.9 Å². The fourth-order valence-electron chi connectivity index (χ4n) is 4.01. The van der Waals surface area contributed by atoms with Crippen molar-refractivity contribution in [2.24, 2.45) is 5.92 Å². The van der Waals surface area contributed by atoms with Gasteiger partial charge in [-0.25, -0.2) is 14.5 Å². The van der Waals surface area contributed by atoms with Gasteiger partial charge >= 0.3 is 0 Å². The lowest BCUT2D eigenvalue weighted by atomic mass is 10.0. The average Bonchev–Trinajstić information content (AvgIpc) is 3.35. The summed E-state index contributed by atoms with van der Waals surface area (Å²) in [5.74, 6) is 0.851. The summed E-state index contributed by atoms with van der Waals surface area (Å²) in [6.45, 7) is 2.65. The molecule has 9 heteroatoms. The van der Waals surface area contributed by atoms with Crippen LogP contribution in [0.5, 0.6) is 0 Å². The van der Waals surface area contributed by atoms with Gasteiger partial charge in [0.05, 0.1) is 17.5 Å². The highest BCUT2D eigenvalue weighted by Crippen LogP contribution is 2.40. The van der Waals surface area contributed by atoms with Crippen LogP contribution in [0.2, 0.25) is 0 Å². The smallest absolute Gasteiger partial charge is 0.259 e. The number of nitrogens with two attached hydrogens (primary N) is 1. The quantitative estimate of drug-likeness (QED) is 0.674. The molecule has 5 rings (SSSR count). The van der Waals surface area contributed by atoms with Gasteiger partial charge in [0.15, 0.2) is 16.4 Å². The van der Waals surface area contributed by atoms with Crippen LogP contribution in [0.3, 0.4) is 0 Å². The number of anilines is 1. The van der Waals surface area contributed by atoms with Crippen LogP contribution in [0.15, 0.2) is 29.6 Å². The first-order valence-electron chi connectivity index (χ1n) is 9.21. The lowest BCUT2D eigenvalue weighted by Gasteiger charge is -2.24. The Morgan fingerprint density at radius 1 is 1.32 bits per heavy atom. The van der Waals surface area contributed by atoms with Crippen molar-refractivity contribution in [3.05, 3.63) is 35.8 Å². The second-order valence-electron chi connectivity index (χ2n) is 7.50. The zero-order valence-corrected chi connectivity index (χ0v) is 16.4. The highest BCUT2D eigenvalue weighted by molar-refractivity contribution is 7.90. The molecule has 0 spiro atoms. The zero-order valence-electron chi connectivity index (χ0n) is 15.6. The minimum Gasteiger partial charge on any atom is -0.612 e. The summed E-state index contributed by atoms with van der Waals surface area (Å²) in [7, 11) is 0. The minimum atomic E-state index is -1.30. The SMILES string of the molecule is CC(C1CC1)N1Cc2cc(-c3cnc4c(N)ncnn34)cc([S+](C)[O-])c2C1=O. The largest absolute Gasteiger partial charge is 0.612 e. The third kappa shape index (κ3) is 2.57. The molecule has 3 heterocycles. The molecule has 8 nitrogen and oxygen atoms in total. The van der Waals surface area contributed by atoms with E-state index in [1.165, 1.54) is 19.2 Å². The monoisotopic (exact) mass is 396 g/mol. The number of amides is 1. The zero-order chi connectivity index (χ0) is 19.6. The van der Waals surface area contributed by atoms with E-state index in [9.17, 15) is 9.35 Å². The van der Waals surface area contributed by atoms with E-state index in [4.69, 9.17) is 5.73 Å². The number of carbonyl (C=O) groups is 1. The summed E-state index contributed by atoms with van der Waals surface area (Å²) in [4.78, 5) is 23.8. The summed E-state index contributed by atoms with van der Waals surface area (Å²) >= 11 is -1.30. The Morgan fingerprint density at radius 3 is 2.82 bits per heavy atom. The van der Waals surface area contributed by atoms with Gasteiger partial charge in [-0.05, 0) is 48.5 Å². The van der Waals surface area contributed by atoms with Crippen LogP contribution in [0.4, 0.5) is 5.82 Å². The fourth-order valence-corrected chi connectivity index (χ4v) is 4.81. The van der Waals surface area contributed by atoms with E-state index in [1.54, 1.807) is 23.0 Å². The molecule has 2 N–H and O–H groups in total. The highest BCUT2D eigenvalue weighted by Gasteiger charge is 2.41. The van der Waals surface area contributed by atoms with Gasteiger partial charge < -0.3 is 15.2 Å². The third-order valence-corrected chi connectivity index (χ3v) is 6.67. The summed E-state index contributed by atoms with van der Waals surface area (Å²) in [5.41, 5.74) is 9.37. The number of carbonyl (C=O) groups excluding carboxylic acids is 1. The van der Waals surface area contributed by atoms with Crippen LogP contribution in [-0.4, -0.2) is 47.2 Å². The maximum absolute atomic E-state index is 13.1. The highest BCUT2D eigenvalue weighted by atomic mass is 32.2. The fraction of sp³-hybridized carbons (Fsp3) is 0.368. The number of nitrogen functional groups attached to an aromatic ring is 1. The number of imidazole rings is 1. The molecule has 2 aliphatic rings. The number of hydrogen-bond acceptors (Lipinski definition) is 6. The van der Waals surface area contributed by atoms with Crippen molar-refractivity contribution in [3.8, 4) is 11.3 Å². The van der Waals surface area contributed by atoms with Gasteiger partial charge in [-0.3, -0.25) is 4.79 Å². The Balaban J connectivity index is 1.64. The molecule has 2 unspecified atom stereocenters. The molecule has 0 saturated heterocycles. The summed E-state index contributed by atoms with van der Waals surface area (Å²) in [5, 5.41) is 4.25. The predicted octanol–water partition coefficient (Wildman–Crippen LogP) is 1.87. The van der Waals surface area contributed by atoms with Gasteiger partial charge in [0.1, 0.15) is 12.6 Å². The molecule has 1 aliphatic carbocycles. The maximum atomic E-state index is 13.1. The number of fused-ring (bicyclic) bond motifs is 2. The molecule has 28 heavy (non-hydrogen) atoms. The van der Waals surface area contributed by atoms with E-state index in [0.717, 1.165) is 16.8 Å². The van der Waals surface area contributed by atoms with Crippen molar-refractivity contribution >= 4 is 28.5 Å². The van der Waals surface area contributed by atoms with Gasteiger partial charge in [0, 0.05) is 24.2 Å². The second kappa shape index (κ2) is 6.18. The average molecular weight is 396 g/mol. The van der Waals surface area contributed by atoms with Gasteiger partial charge in [-0.15, -0.1) is 0 Å². The molecular formula is C19H20N6O2S. The van der Waals surface area contributed by atoms with E-state index < -0.39 is 11.2 Å². The molecule has 1 fully saturated rings. The second-order valence-corrected chi connectivity index (χ2v) is 8.85. The molecule has 144 valence electrons. The van der Waals surface area contributed by atoms with E-state index in [2.05, 4.69) is 22.0 Å². The lowest BCUT2D eigenvalue weighted by Crippen LogP contribution is -2.35. The number of rotatable bonds is 4. The summed E-state index contributed by atoms with van der Waals surface area (Å²) in [6.07, 6.45) is 6.99. The van der Waals surface area contributed by atoms with E-state index in [1.807, 2.05) is 11.0 Å². The number of benzene rings is 1. The summed E-state index contributed by atoms with van der Waals surface area (Å²) in [6, 6.07) is 3.98. The molecule has 1 amide bonds. The molecule has 1 saturated carbocycles. The Morgan fingerprint density at radius 2 is 2.11 bits per heavy atom. The first-order chi connectivity index (χ1) is 13.5. The van der Waals surface area contributed by atoms with Gasteiger partial charge in [-0.1, -0.05) is 0 Å². The third-order valence-electron chi connectivity index (χ3n) is 5.73. The normalized spacial score (nSPS) is 18.5. The van der Waals surface area contributed by atoms with Crippen molar-refractivity contribution in [2.75, 3.05) is 12.0 Å². The van der Waals surface area contributed by atoms with Crippen molar-refractivity contribution in [2.45, 2.75) is 37.2 Å². The number of hydrogen-bond donors (Lipinski definition) is 1. The molecule has 0 radical (unpaired) electrons. The van der Waals surface area contributed by atoms with Crippen LogP contribution in [0, 0.1) is 5.92 Å². The molecule has 2 atom stereocenters. The van der Waals surface area contributed by atoms with Crippen LogP contribution >= 0.6 is 0 Å². The Kier molecular flexibility index (Phi) is 3.85. The molecular weight excluding hydrogens is 376 g/mol. The molecule has 3 aromatic rings. The van der Waals surface area contributed by atoms with E-state index >= 15 is 0 Å². The molecule has 1 aromatic carbocycles. The first kappa shape index (κ1) is 17.4. The molecule has 2 aromatic heterocycles. The van der Waals surface area contributed by atoms with Crippen molar-refractivity contribution in [3.63, 3.8) is 0 Å². The van der Waals surface area contributed by atoms with Crippen LogP contribution in [-0.2, 0) is 17.7 Å². The standard InChI is InChI=1S/C19H20N6O2S/c1-10(11-3-4-11)24-8-13-5-12(6-15(28(2)27)16(13)19(24)26)14-7-21-18-17(20)22-9-23-25(14)18/h5-7,9-11H,3-4,8H2,1-2H3,(H2,20,22,23). The molecule has 0 bridgehead atoms. The van der Waals surface area contributed by atoms with Gasteiger partial charge in [0.2, 0.25) is 0 Å². The maximum Gasteiger partial charge on any atom is 0.259 e. The number of nitrogens with zero attached hydrogens (tertiary/aromatic N) is 5.